The van der Waals surface area contributed by atoms with Gasteiger partial charge < -0.3 is 9.64 Å². The SMILES string of the molecule is CN(C[C@@H]1CCC(c2nc(-c3cnn(C)c3)cn3nccc23)C1)C(=O)OC(C)(C)C. The standard InChI is InChI=1S/C22H30N6O2/c1-22(2,3)30-21(29)26(4)12-15-6-7-16(10-15)20-19-8-9-23-28(19)14-18(25-20)17-11-24-27(5)13-17/h8-9,11,13-16H,6-7,10,12H2,1-5H3/t15-,16?/m1/s1. The number of aromatic nitrogens is 5. The molecule has 4 rings (SSSR count). The predicted octanol–water partition coefficient (Wildman–Crippen LogP) is 3.88. The number of amides is 1. The molecular weight excluding hydrogens is 380 g/mol. The number of hydrogen-bond donors (Lipinski definition) is 0. The average Bonchev–Trinajstić information content (AvgIpc) is 3.39. The fourth-order valence-electron chi connectivity index (χ4n) is 4.24. The van der Waals surface area contributed by atoms with Crippen molar-refractivity contribution in [2.75, 3.05) is 13.6 Å². The minimum atomic E-state index is -0.478. The quantitative estimate of drug-likeness (QED) is 0.652. The molecule has 1 unspecified atom stereocenters. The molecule has 1 aliphatic carbocycles. The van der Waals surface area contributed by atoms with E-state index in [9.17, 15) is 4.79 Å². The zero-order chi connectivity index (χ0) is 21.5. The van der Waals surface area contributed by atoms with Gasteiger partial charge in [0.15, 0.2) is 0 Å². The second-order valence-electron chi connectivity index (χ2n) is 9.31. The van der Waals surface area contributed by atoms with Crippen LogP contribution in [0.1, 0.15) is 51.6 Å². The molecule has 2 atom stereocenters. The smallest absolute Gasteiger partial charge is 0.410 e. The van der Waals surface area contributed by atoms with Crippen LogP contribution in [0.25, 0.3) is 16.8 Å². The lowest BCUT2D eigenvalue weighted by molar-refractivity contribution is 0.0274. The van der Waals surface area contributed by atoms with Crippen LogP contribution in [0.4, 0.5) is 4.79 Å². The summed E-state index contributed by atoms with van der Waals surface area (Å²) in [4.78, 5) is 19.0. The summed E-state index contributed by atoms with van der Waals surface area (Å²) >= 11 is 0. The molecular formula is C22H30N6O2. The fraction of sp³-hybridized carbons (Fsp3) is 0.545. The number of hydrogen-bond acceptors (Lipinski definition) is 5. The molecule has 0 saturated heterocycles. The van der Waals surface area contributed by atoms with Crippen molar-refractivity contribution in [3.63, 3.8) is 0 Å². The third kappa shape index (κ3) is 4.32. The first-order valence-corrected chi connectivity index (χ1v) is 10.5. The predicted molar refractivity (Wildman–Crippen MR) is 114 cm³/mol. The summed E-state index contributed by atoms with van der Waals surface area (Å²) in [5.74, 6) is 0.775. The van der Waals surface area contributed by atoms with Crippen LogP contribution < -0.4 is 0 Å². The highest BCUT2D eigenvalue weighted by Gasteiger charge is 2.31. The summed E-state index contributed by atoms with van der Waals surface area (Å²) in [6, 6.07) is 2.02. The van der Waals surface area contributed by atoms with E-state index in [-0.39, 0.29) is 6.09 Å². The molecule has 0 aliphatic heterocycles. The van der Waals surface area contributed by atoms with E-state index < -0.39 is 5.60 Å². The molecule has 0 radical (unpaired) electrons. The molecule has 3 aromatic heterocycles. The molecule has 1 fully saturated rings. The van der Waals surface area contributed by atoms with E-state index in [4.69, 9.17) is 9.72 Å². The van der Waals surface area contributed by atoms with Crippen molar-refractivity contribution in [3.8, 4) is 11.3 Å². The summed E-state index contributed by atoms with van der Waals surface area (Å²) < 4.78 is 9.18. The molecule has 3 heterocycles. The fourth-order valence-corrected chi connectivity index (χ4v) is 4.24. The van der Waals surface area contributed by atoms with E-state index >= 15 is 0 Å². The highest BCUT2D eigenvalue weighted by molar-refractivity contribution is 5.67. The van der Waals surface area contributed by atoms with Crippen LogP contribution in [-0.4, -0.2) is 54.6 Å². The van der Waals surface area contributed by atoms with Crippen LogP contribution in [0.5, 0.6) is 0 Å². The van der Waals surface area contributed by atoms with Gasteiger partial charge in [0.25, 0.3) is 0 Å². The topological polar surface area (TPSA) is 77.5 Å². The first kappa shape index (κ1) is 20.4. The van der Waals surface area contributed by atoms with Crippen LogP contribution in [-0.2, 0) is 11.8 Å². The molecule has 1 amide bonds. The molecule has 1 saturated carbocycles. The van der Waals surface area contributed by atoms with Crippen LogP contribution in [0, 0.1) is 5.92 Å². The van der Waals surface area contributed by atoms with Gasteiger partial charge >= 0.3 is 6.09 Å². The number of fused-ring (bicyclic) bond motifs is 1. The van der Waals surface area contributed by atoms with Crippen molar-refractivity contribution in [2.24, 2.45) is 13.0 Å². The van der Waals surface area contributed by atoms with Gasteiger partial charge in [0.2, 0.25) is 0 Å². The second-order valence-corrected chi connectivity index (χ2v) is 9.31. The number of carbonyl (C=O) groups excluding carboxylic acids is 1. The summed E-state index contributed by atoms with van der Waals surface area (Å²) in [6.07, 6.45) is 10.4. The van der Waals surface area contributed by atoms with Gasteiger partial charge in [-0.3, -0.25) is 4.68 Å². The van der Waals surface area contributed by atoms with Gasteiger partial charge in [-0.2, -0.15) is 10.2 Å². The van der Waals surface area contributed by atoms with Crippen molar-refractivity contribution in [1.29, 1.82) is 0 Å². The molecule has 3 aromatic rings. The number of rotatable bonds is 4. The van der Waals surface area contributed by atoms with Gasteiger partial charge in [-0.05, 0) is 52.0 Å². The van der Waals surface area contributed by atoms with E-state index in [1.165, 1.54) is 0 Å². The van der Waals surface area contributed by atoms with Crippen molar-refractivity contribution in [3.05, 3.63) is 36.5 Å². The van der Waals surface area contributed by atoms with Crippen LogP contribution in [0.3, 0.4) is 0 Å². The molecule has 160 valence electrons. The Morgan fingerprint density at radius 3 is 2.77 bits per heavy atom. The van der Waals surface area contributed by atoms with Crippen molar-refractivity contribution in [2.45, 2.75) is 51.6 Å². The van der Waals surface area contributed by atoms with Crippen LogP contribution >= 0.6 is 0 Å². The molecule has 8 nitrogen and oxygen atoms in total. The number of ether oxygens (including phenoxy) is 1. The van der Waals surface area contributed by atoms with Crippen LogP contribution in [0.2, 0.25) is 0 Å². The highest BCUT2D eigenvalue weighted by Crippen LogP contribution is 2.40. The van der Waals surface area contributed by atoms with Crippen molar-refractivity contribution >= 4 is 11.6 Å². The maximum atomic E-state index is 12.3. The zero-order valence-corrected chi connectivity index (χ0v) is 18.4. The van der Waals surface area contributed by atoms with Gasteiger partial charge in [0.05, 0.1) is 35.5 Å². The maximum absolute atomic E-state index is 12.3. The van der Waals surface area contributed by atoms with E-state index in [1.54, 1.807) is 9.58 Å². The minimum Gasteiger partial charge on any atom is -0.444 e. The summed E-state index contributed by atoms with van der Waals surface area (Å²) in [7, 11) is 3.72. The van der Waals surface area contributed by atoms with Crippen LogP contribution in [0.15, 0.2) is 30.9 Å². The molecule has 0 bridgehead atoms. The van der Waals surface area contributed by atoms with E-state index in [1.807, 2.05) is 70.2 Å². The monoisotopic (exact) mass is 410 g/mol. The lowest BCUT2D eigenvalue weighted by atomic mass is 10.00. The summed E-state index contributed by atoms with van der Waals surface area (Å²) in [5.41, 5.74) is 3.51. The van der Waals surface area contributed by atoms with Gasteiger partial charge in [-0.1, -0.05) is 0 Å². The Kier molecular flexibility index (Phi) is 5.26. The minimum absolute atomic E-state index is 0.263. The first-order valence-electron chi connectivity index (χ1n) is 10.5. The molecule has 0 spiro atoms. The van der Waals surface area contributed by atoms with E-state index in [0.717, 1.165) is 41.7 Å². The van der Waals surface area contributed by atoms with E-state index in [0.29, 0.717) is 18.4 Å². The molecule has 1 aliphatic rings. The number of aryl methyl sites for hydroxylation is 1. The Bertz CT molecular complexity index is 1050. The molecule has 8 heteroatoms. The normalized spacial score (nSPS) is 19.4. The van der Waals surface area contributed by atoms with Crippen molar-refractivity contribution < 1.29 is 9.53 Å². The molecule has 0 N–H and O–H groups in total. The van der Waals surface area contributed by atoms with Gasteiger partial charge in [-0.15, -0.1) is 0 Å². The van der Waals surface area contributed by atoms with Gasteiger partial charge in [0, 0.05) is 38.3 Å². The average molecular weight is 411 g/mol. The Hall–Kier alpha value is -2.90. The molecule has 30 heavy (non-hydrogen) atoms. The second kappa shape index (κ2) is 7.74. The third-order valence-electron chi connectivity index (χ3n) is 5.58. The highest BCUT2D eigenvalue weighted by atomic mass is 16.6. The Balaban J connectivity index is 1.51. The molecule has 0 aromatic carbocycles. The van der Waals surface area contributed by atoms with E-state index in [2.05, 4.69) is 10.2 Å². The van der Waals surface area contributed by atoms with Crippen molar-refractivity contribution in [1.82, 2.24) is 29.3 Å². The number of carbonyl (C=O) groups is 1. The first-order chi connectivity index (χ1) is 14.2. The maximum Gasteiger partial charge on any atom is 0.410 e. The lowest BCUT2D eigenvalue weighted by Crippen LogP contribution is -2.36. The third-order valence-corrected chi connectivity index (χ3v) is 5.58. The Morgan fingerprint density at radius 1 is 1.27 bits per heavy atom. The zero-order valence-electron chi connectivity index (χ0n) is 18.4. The lowest BCUT2D eigenvalue weighted by Gasteiger charge is -2.26. The Labute approximate surface area is 176 Å². The van der Waals surface area contributed by atoms with Gasteiger partial charge in [-0.25, -0.2) is 14.3 Å². The summed E-state index contributed by atoms with van der Waals surface area (Å²) in [5, 5.41) is 8.72. The largest absolute Gasteiger partial charge is 0.444 e. The van der Waals surface area contributed by atoms with Gasteiger partial charge in [0.1, 0.15) is 5.60 Å². The summed E-state index contributed by atoms with van der Waals surface area (Å²) in [6.45, 7) is 6.37. The number of nitrogens with zero attached hydrogens (tertiary/aromatic N) is 6. The Morgan fingerprint density at radius 2 is 2.07 bits per heavy atom.